The van der Waals surface area contributed by atoms with Crippen LogP contribution in [-0.4, -0.2) is 37.4 Å². The predicted molar refractivity (Wildman–Crippen MR) is 105 cm³/mol. The first kappa shape index (κ1) is 21.3. The van der Waals surface area contributed by atoms with Crippen molar-refractivity contribution in [2.45, 2.75) is 47.1 Å². The Kier molecular flexibility index (Phi) is 10.7. The molecule has 0 aromatic heterocycles. The monoisotopic (exact) mass is 349 g/mol. The van der Waals surface area contributed by atoms with Crippen LogP contribution in [0.5, 0.6) is 5.75 Å². The second-order valence-electron chi connectivity index (χ2n) is 6.66. The van der Waals surface area contributed by atoms with E-state index in [0.717, 1.165) is 43.2 Å². The SMILES string of the molecule is CCNC(=NCc1cccc(OCC)c1)NCC(CCO)CC(C)C. The van der Waals surface area contributed by atoms with Crippen molar-refractivity contribution in [2.24, 2.45) is 16.8 Å². The molecule has 1 atom stereocenters. The maximum Gasteiger partial charge on any atom is 0.191 e. The predicted octanol–water partition coefficient (Wildman–Crippen LogP) is 3.19. The van der Waals surface area contributed by atoms with Crippen LogP contribution in [0.3, 0.4) is 0 Å². The molecular formula is C20H35N3O2. The summed E-state index contributed by atoms with van der Waals surface area (Å²) in [5, 5.41) is 16.0. The molecular weight excluding hydrogens is 314 g/mol. The van der Waals surface area contributed by atoms with Gasteiger partial charge in [-0.3, -0.25) is 0 Å². The maximum absolute atomic E-state index is 9.25. The Morgan fingerprint density at radius 3 is 2.68 bits per heavy atom. The van der Waals surface area contributed by atoms with Gasteiger partial charge in [0.25, 0.3) is 0 Å². The molecule has 0 aliphatic heterocycles. The minimum absolute atomic E-state index is 0.233. The topological polar surface area (TPSA) is 65.9 Å². The van der Waals surface area contributed by atoms with Gasteiger partial charge in [-0.1, -0.05) is 26.0 Å². The lowest BCUT2D eigenvalue weighted by molar-refractivity contribution is 0.243. The number of hydrogen-bond acceptors (Lipinski definition) is 3. The minimum atomic E-state index is 0.233. The highest BCUT2D eigenvalue weighted by atomic mass is 16.5. The Bertz CT molecular complexity index is 503. The highest BCUT2D eigenvalue weighted by molar-refractivity contribution is 5.79. The molecule has 1 rings (SSSR count). The number of aliphatic hydroxyl groups excluding tert-OH is 1. The van der Waals surface area contributed by atoms with E-state index < -0.39 is 0 Å². The van der Waals surface area contributed by atoms with Gasteiger partial charge < -0.3 is 20.5 Å². The van der Waals surface area contributed by atoms with E-state index in [1.165, 1.54) is 0 Å². The third kappa shape index (κ3) is 9.34. The molecule has 142 valence electrons. The molecule has 0 bridgehead atoms. The van der Waals surface area contributed by atoms with Crippen LogP contribution in [0.2, 0.25) is 0 Å². The number of hydrogen-bond donors (Lipinski definition) is 3. The van der Waals surface area contributed by atoms with Gasteiger partial charge in [0.05, 0.1) is 13.2 Å². The molecule has 3 N–H and O–H groups in total. The van der Waals surface area contributed by atoms with Gasteiger partial charge in [-0.05, 0) is 56.2 Å². The Labute approximate surface area is 152 Å². The molecule has 5 nitrogen and oxygen atoms in total. The van der Waals surface area contributed by atoms with E-state index in [0.29, 0.717) is 25.0 Å². The van der Waals surface area contributed by atoms with E-state index in [2.05, 4.69) is 42.5 Å². The van der Waals surface area contributed by atoms with Crippen molar-refractivity contribution in [3.05, 3.63) is 29.8 Å². The smallest absolute Gasteiger partial charge is 0.191 e. The molecule has 0 aliphatic rings. The number of benzene rings is 1. The molecule has 0 saturated carbocycles. The van der Waals surface area contributed by atoms with Gasteiger partial charge in [-0.25, -0.2) is 4.99 Å². The van der Waals surface area contributed by atoms with Crippen LogP contribution in [-0.2, 0) is 6.54 Å². The molecule has 0 spiro atoms. The van der Waals surface area contributed by atoms with Gasteiger partial charge in [0.2, 0.25) is 0 Å². The van der Waals surface area contributed by atoms with E-state index in [4.69, 9.17) is 4.74 Å². The van der Waals surface area contributed by atoms with Gasteiger partial charge in [0.1, 0.15) is 5.75 Å². The number of aliphatic hydroxyl groups is 1. The summed E-state index contributed by atoms with van der Waals surface area (Å²) < 4.78 is 5.54. The summed E-state index contributed by atoms with van der Waals surface area (Å²) in [7, 11) is 0. The number of guanidine groups is 1. The molecule has 1 unspecified atom stereocenters. The summed E-state index contributed by atoms with van der Waals surface area (Å²) in [5.74, 6) is 2.78. The zero-order valence-corrected chi connectivity index (χ0v) is 16.2. The van der Waals surface area contributed by atoms with Gasteiger partial charge in [-0.15, -0.1) is 0 Å². The zero-order valence-electron chi connectivity index (χ0n) is 16.2. The molecule has 0 radical (unpaired) electrons. The lowest BCUT2D eigenvalue weighted by Crippen LogP contribution is -2.40. The number of nitrogens with one attached hydrogen (secondary N) is 2. The second kappa shape index (κ2) is 12.6. The van der Waals surface area contributed by atoms with E-state index in [-0.39, 0.29) is 6.61 Å². The molecule has 0 amide bonds. The second-order valence-corrected chi connectivity index (χ2v) is 6.66. The number of nitrogens with zero attached hydrogens (tertiary/aromatic N) is 1. The summed E-state index contributed by atoms with van der Waals surface area (Å²) in [6, 6.07) is 8.05. The van der Waals surface area contributed by atoms with Gasteiger partial charge in [0.15, 0.2) is 5.96 Å². The van der Waals surface area contributed by atoms with Crippen molar-refractivity contribution >= 4 is 5.96 Å². The first-order valence-electron chi connectivity index (χ1n) is 9.43. The Morgan fingerprint density at radius 1 is 1.24 bits per heavy atom. The van der Waals surface area contributed by atoms with E-state index in [1.54, 1.807) is 0 Å². The minimum Gasteiger partial charge on any atom is -0.494 e. The van der Waals surface area contributed by atoms with Crippen molar-refractivity contribution in [2.75, 3.05) is 26.3 Å². The fourth-order valence-corrected chi connectivity index (χ4v) is 2.81. The van der Waals surface area contributed by atoms with Gasteiger partial charge >= 0.3 is 0 Å². The number of rotatable bonds is 11. The van der Waals surface area contributed by atoms with Gasteiger partial charge in [0, 0.05) is 19.7 Å². The Balaban J connectivity index is 2.64. The van der Waals surface area contributed by atoms with Crippen LogP contribution >= 0.6 is 0 Å². The Hall–Kier alpha value is -1.75. The van der Waals surface area contributed by atoms with E-state index in [1.807, 2.05) is 25.1 Å². The van der Waals surface area contributed by atoms with Crippen LogP contribution in [0.25, 0.3) is 0 Å². The Morgan fingerprint density at radius 2 is 2.04 bits per heavy atom. The molecule has 1 aromatic rings. The standard InChI is InChI=1S/C20H35N3O2/c1-5-21-20(23-15-18(10-11-24)12-16(3)4)22-14-17-8-7-9-19(13-17)25-6-2/h7-9,13,16,18,24H,5-6,10-12,14-15H2,1-4H3,(H2,21,22,23). The first-order valence-corrected chi connectivity index (χ1v) is 9.43. The van der Waals surface area contributed by atoms with Crippen LogP contribution in [0.1, 0.15) is 46.1 Å². The number of aliphatic imine (C=N–C) groups is 1. The van der Waals surface area contributed by atoms with E-state index in [9.17, 15) is 5.11 Å². The van der Waals surface area contributed by atoms with Crippen molar-refractivity contribution in [1.29, 1.82) is 0 Å². The highest BCUT2D eigenvalue weighted by Crippen LogP contribution is 2.15. The molecule has 5 heteroatoms. The van der Waals surface area contributed by atoms with E-state index >= 15 is 0 Å². The molecule has 0 heterocycles. The summed E-state index contributed by atoms with van der Waals surface area (Å²) in [6.45, 7) is 11.6. The fraction of sp³-hybridized carbons (Fsp3) is 0.650. The largest absolute Gasteiger partial charge is 0.494 e. The van der Waals surface area contributed by atoms with Crippen molar-refractivity contribution in [3.8, 4) is 5.75 Å². The summed E-state index contributed by atoms with van der Waals surface area (Å²) in [6.07, 6.45) is 1.92. The number of ether oxygens (including phenoxy) is 1. The summed E-state index contributed by atoms with van der Waals surface area (Å²) >= 11 is 0. The lowest BCUT2D eigenvalue weighted by Gasteiger charge is -2.20. The lowest BCUT2D eigenvalue weighted by atomic mass is 9.94. The van der Waals surface area contributed by atoms with Crippen LogP contribution in [0, 0.1) is 11.8 Å². The van der Waals surface area contributed by atoms with Crippen LogP contribution in [0.15, 0.2) is 29.3 Å². The zero-order chi connectivity index (χ0) is 18.5. The average Bonchev–Trinajstić information content (AvgIpc) is 2.57. The van der Waals surface area contributed by atoms with Crippen molar-refractivity contribution in [3.63, 3.8) is 0 Å². The third-order valence-electron chi connectivity index (χ3n) is 3.87. The third-order valence-corrected chi connectivity index (χ3v) is 3.87. The molecule has 0 fully saturated rings. The molecule has 25 heavy (non-hydrogen) atoms. The summed E-state index contributed by atoms with van der Waals surface area (Å²) in [4.78, 5) is 4.67. The van der Waals surface area contributed by atoms with Crippen LogP contribution < -0.4 is 15.4 Å². The summed E-state index contributed by atoms with van der Waals surface area (Å²) in [5.41, 5.74) is 1.12. The molecule has 1 aromatic carbocycles. The average molecular weight is 350 g/mol. The first-order chi connectivity index (χ1) is 12.1. The van der Waals surface area contributed by atoms with Crippen molar-refractivity contribution in [1.82, 2.24) is 10.6 Å². The van der Waals surface area contributed by atoms with Crippen molar-refractivity contribution < 1.29 is 9.84 Å². The molecule has 0 saturated heterocycles. The normalized spacial score (nSPS) is 13.0. The maximum atomic E-state index is 9.25. The van der Waals surface area contributed by atoms with Gasteiger partial charge in [-0.2, -0.15) is 0 Å². The molecule has 0 aliphatic carbocycles. The fourth-order valence-electron chi connectivity index (χ4n) is 2.81. The highest BCUT2D eigenvalue weighted by Gasteiger charge is 2.11. The van der Waals surface area contributed by atoms with Crippen LogP contribution in [0.4, 0.5) is 0 Å². The quantitative estimate of drug-likeness (QED) is 0.424.